The Kier molecular flexibility index (Phi) is 4.21. The van der Waals surface area contributed by atoms with Gasteiger partial charge in [0.25, 0.3) is 5.91 Å². The molecule has 3 aromatic rings. The number of hydrogen-bond acceptors (Lipinski definition) is 5. The number of anilines is 1. The molecule has 0 unspecified atom stereocenters. The van der Waals surface area contributed by atoms with Crippen molar-refractivity contribution < 1.29 is 22.5 Å². The molecule has 0 atom stereocenters. The average molecular weight is 361 g/mol. The number of carbonyl (C=O) groups excluding carboxylic acids is 1. The third-order valence-electron chi connectivity index (χ3n) is 3.42. The third kappa shape index (κ3) is 3.27. The van der Waals surface area contributed by atoms with Crippen LogP contribution < -0.4 is 5.32 Å². The van der Waals surface area contributed by atoms with E-state index in [1.54, 1.807) is 7.05 Å². The first-order chi connectivity index (χ1) is 12.3. The molecule has 0 aliphatic rings. The van der Waals surface area contributed by atoms with E-state index in [1.165, 1.54) is 29.1 Å². The van der Waals surface area contributed by atoms with E-state index in [4.69, 9.17) is 9.78 Å². The number of halogens is 3. The van der Waals surface area contributed by atoms with Crippen molar-refractivity contribution in [3.05, 3.63) is 53.3 Å². The highest BCUT2D eigenvalue weighted by Gasteiger charge is 2.34. The van der Waals surface area contributed by atoms with Crippen LogP contribution in [0.25, 0.3) is 11.3 Å². The molecule has 0 bridgehead atoms. The monoisotopic (exact) mass is 361 g/mol. The zero-order chi connectivity index (χ0) is 18.9. The molecule has 7 nitrogen and oxygen atoms in total. The van der Waals surface area contributed by atoms with Crippen molar-refractivity contribution in [1.29, 1.82) is 5.26 Å². The van der Waals surface area contributed by atoms with Crippen LogP contribution in [0.4, 0.5) is 19.0 Å². The minimum Gasteiger partial charge on any atom is -0.355 e. The highest BCUT2D eigenvalue weighted by atomic mass is 19.4. The van der Waals surface area contributed by atoms with Crippen molar-refractivity contribution in [1.82, 2.24) is 14.9 Å². The predicted molar refractivity (Wildman–Crippen MR) is 82.8 cm³/mol. The molecule has 0 aliphatic heterocycles. The Morgan fingerprint density at radius 3 is 2.77 bits per heavy atom. The van der Waals surface area contributed by atoms with Gasteiger partial charge in [-0.25, -0.2) is 0 Å². The zero-order valence-electron chi connectivity index (χ0n) is 13.2. The number of aryl methyl sites for hydroxylation is 1. The summed E-state index contributed by atoms with van der Waals surface area (Å²) in [6, 6.07) is 7.75. The SMILES string of the molecule is Cn1cc(C#N)c(NC(=O)c2cc(-c3ccccc3C(F)(F)F)on2)n1. The Labute approximate surface area is 144 Å². The summed E-state index contributed by atoms with van der Waals surface area (Å²) in [5.41, 5.74) is -1.25. The lowest BCUT2D eigenvalue weighted by molar-refractivity contribution is -0.137. The van der Waals surface area contributed by atoms with Gasteiger partial charge in [-0.3, -0.25) is 9.48 Å². The molecule has 0 fully saturated rings. The molecule has 0 radical (unpaired) electrons. The van der Waals surface area contributed by atoms with Gasteiger partial charge in [0.15, 0.2) is 17.3 Å². The van der Waals surface area contributed by atoms with E-state index < -0.39 is 17.6 Å². The standard InChI is InChI=1S/C16H10F3N5O2/c1-24-8-9(7-20)14(22-24)21-15(25)12-6-13(26-23-12)10-4-2-3-5-11(10)16(17,18)19/h2-6,8H,1H3,(H,21,22,25). The number of nitrogens with one attached hydrogen (secondary N) is 1. The van der Waals surface area contributed by atoms with Crippen molar-refractivity contribution in [3.8, 4) is 17.4 Å². The van der Waals surface area contributed by atoms with E-state index in [1.807, 2.05) is 6.07 Å². The van der Waals surface area contributed by atoms with E-state index in [0.717, 1.165) is 12.1 Å². The van der Waals surface area contributed by atoms with Crippen LogP contribution in [0.15, 0.2) is 41.1 Å². The summed E-state index contributed by atoms with van der Waals surface area (Å²) in [5, 5.41) is 18.8. The van der Waals surface area contributed by atoms with Crippen LogP contribution in [0, 0.1) is 11.3 Å². The third-order valence-corrected chi connectivity index (χ3v) is 3.42. The maximum atomic E-state index is 13.1. The quantitative estimate of drug-likeness (QED) is 0.773. The number of nitrogens with zero attached hydrogens (tertiary/aromatic N) is 4. The van der Waals surface area contributed by atoms with E-state index >= 15 is 0 Å². The fourth-order valence-electron chi connectivity index (χ4n) is 2.29. The number of nitriles is 1. The van der Waals surface area contributed by atoms with Gasteiger partial charge in [-0.15, -0.1) is 0 Å². The Balaban J connectivity index is 1.89. The predicted octanol–water partition coefficient (Wildman–Crippen LogP) is 3.22. The zero-order valence-corrected chi connectivity index (χ0v) is 13.2. The van der Waals surface area contributed by atoms with E-state index in [0.29, 0.717) is 0 Å². The number of hydrogen-bond donors (Lipinski definition) is 1. The molecule has 3 rings (SSSR count). The van der Waals surface area contributed by atoms with Gasteiger partial charge >= 0.3 is 6.18 Å². The first kappa shape index (κ1) is 17.2. The molecule has 2 heterocycles. The fourth-order valence-corrected chi connectivity index (χ4v) is 2.29. The van der Waals surface area contributed by atoms with Crippen molar-refractivity contribution in [2.75, 3.05) is 5.32 Å². The smallest absolute Gasteiger partial charge is 0.355 e. The second-order valence-electron chi connectivity index (χ2n) is 5.25. The van der Waals surface area contributed by atoms with Gasteiger partial charge in [0.1, 0.15) is 11.6 Å². The van der Waals surface area contributed by atoms with Crippen LogP contribution in [-0.2, 0) is 13.2 Å². The van der Waals surface area contributed by atoms with E-state index in [2.05, 4.69) is 15.6 Å². The van der Waals surface area contributed by atoms with Crippen LogP contribution >= 0.6 is 0 Å². The largest absolute Gasteiger partial charge is 0.417 e. The molecule has 1 amide bonds. The number of benzene rings is 1. The summed E-state index contributed by atoms with van der Waals surface area (Å²) < 4.78 is 45.5. The normalized spacial score (nSPS) is 11.2. The number of carbonyl (C=O) groups is 1. The Hall–Kier alpha value is -3.61. The summed E-state index contributed by atoms with van der Waals surface area (Å²) >= 11 is 0. The van der Waals surface area contributed by atoms with Crippen LogP contribution in [0.3, 0.4) is 0 Å². The van der Waals surface area contributed by atoms with E-state index in [-0.39, 0.29) is 28.4 Å². The second kappa shape index (κ2) is 6.36. The number of aromatic nitrogens is 3. The molecular formula is C16H10F3N5O2. The van der Waals surface area contributed by atoms with Crippen molar-refractivity contribution in [3.63, 3.8) is 0 Å². The van der Waals surface area contributed by atoms with Gasteiger partial charge in [0, 0.05) is 24.9 Å². The van der Waals surface area contributed by atoms with Gasteiger partial charge < -0.3 is 9.84 Å². The molecular weight excluding hydrogens is 351 g/mol. The highest BCUT2D eigenvalue weighted by molar-refractivity contribution is 6.03. The van der Waals surface area contributed by atoms with Gasteiger partial charge in [0.2, 0.25) is 0 Å². The topological polar surface area (TPSA) is 96.7 Å². The molecule has 26 heavy (non-hydrogen) atoms. The summed E-state index contributed by atoms with van der Waals surface area (Å²) in [5.74, 6) is -0.954. The first-order valence-electron chi connectivity index (χ1n) is 7.18. The molecule has 1 aromatic carbocycles. The molecule has 10 heteroatoms. The van der Waals surface area contributed by atoms with Crippen LogP contribution in [0.5, 0.6) is 0 Å². The highest BCUT2D eigenvalue weighted by Crippen LogP contribution is 2.37. The Bertz CT molecular complexity index is 1010. The molecule has 0 saturated carbocycles. The minimum absolute atomic E-state index is 0.0141. The fraction of sp³-hybridized carbons (Fsp3) is 0.125. The molecule has 0 saturated heterocycles. The van der Waals surface area contributed by atoms with Crippen LogP contribution in [0.1, 0.15) is 21.6 Å². The summed E-state index contributed by atoms with van der Waals surface area (Å²) in [6.45, 7) is 0. The maximum absolute atomic E-state index is 13.1. The Morgan fingerprint density at radius 2 is 2.08 bits per heavy atom. The summed E-state index contributed by atoms with van der Waals surface area (Å²) in [7, 11) is 1.57. The molecule has 132 valence electrons. The number of amides is 1. The summed E-state index contributed by atoms with van der Waals surface area (Å²) in [6.07, 6.45) is -3.18. The van der Waals surface area contributed by atoms with Gasteiger partial charge in [-0.1, -0.05) is 23.4 Å². The lowest BCUT2D eigenvalue weighted by Gasteiger charge is -2.09. The maximum Gasteiger partial charge on any atom is 0.417 e. The molecule has 0 aliphatic carbocycles. The summed E-state index contributed by atoms with van der Waals surface area (Å²) in [4.78, 5) is 12.2. The van der Waals surface area contributed by atoms with Crippen LogP contribution in [-0.4, -0.2) is 20.8 Å². The number of rotatable bonds is 3. The van der Waals surface area contributed by atoms with E-state index in [9.17, 15) is 18.0 Å². The lowest BCUT2D eigenvalue weighted by Crippen LogP contribution is -2.13. The average Bonchev–Trinajstić information content (AvgIpc) is 3.20. The molecule has 0 spiro atoms. The Morgan fingerprint density at radius 1 is 1.35 bits per heavy atom. The van der Waals surface area contributed by atoms with Crippen molar-refractivity contribution in [2.24, 2.45) is 7.05 Å². The lowest BCUT2D eigenvalue weighted by atomic mass is 10.0. The van der Waals surface area contributed by atoms with Gasteiger partial charge in [-0.05, 0) is 6.07 Å². The van der Waals surface area contributed by atoms with Gasteiger partial charge in [-0.2, -0.15) is 23.5 Å². The minimum atomic E-state index is -4.58. The molecule has 2 aromatic heterocycles. The number of alkyl halides is 3. The van der Waals surface area contributed by atoms with Crippen molar-refractivity contribution in [2.45, 2.75) is 6.18 Å². The van der Waals surface area contributed by atoms with Crippen LogP contribution in [0.2, 0.25) is 0 Å². The second-order valence-corrected chi connectivity index (χ2v) is 5.25. The van der Waals surface area contributed by atoms with Crippen molar-refractivity contribution >= 4 is 11.7 Å². The van der Waals surface area contributed by atoms with Gasteiger partial charge in [0.05, 0.1) is 5.56 Å². The first-order valence-corrected chi connectivity index (χ1v) is 7.18. The molecule has 1 N–H and O–H groups in total.